The summed E-state index contributed by atoms with van der Waals surface area (Å²) in [6.07, 6.45) is -0.653. The lowest BCUT2D eigenvalue weighted by Crippen LogP contribution is -2.18. The first kappa shape index (κ1) is 13.2. The van der Waals surface area contributed by atoms with Crippen molar-refractivity contribution in [3.05, 3.63) is 71.2 Å². The second kappa shape index (κ2) is 5.28. The Bertz CT molecular complexity index is 724. The van der Waals surface area contributed by atoms with Gasteiger partial charge >= 0.3 is 6.16 Å². The smallest absolute Gasteiger partial charge is 0.477 e. The highest BCUT2D eigenvalue weighted by atomic mass is 19.1. The van der Waals surface area contributed by atoms with Gasteiger partial charge in [-0.3, -0.25) is 0 Å². The van der Waals surface area contributed by atoms with Crippen LogP contribution in [0, 0.1) is 5.82 Å². The fraction of sp³-hybridized carbons (Fsp3) is 0.0625. The molecule has 0 aromatic heterocycles. The summed E-state index contributed by atoms with van der Waals surface area (Å²) in [5, 5.41) is 8.84. The fourth-order valence-corrected chi connectivity index (χ4v) is 2.21. The molecule has 21 heavy (non-hydrogen) atoms. The highest BCUT2D eigenvalue weighted by Gasteiger charge is 2.27. The minimum absolute atomic E-state index is 0.104. The largest absolute Gasteiger partial charge is 0.511 e. The topological polar surface area (TPSA) is 55.8 Å². The van der Waals surface area contributed by atoms with Gasteiger partial charge in [0.2, 0.25) is 0 Å². The zero-order valence-electron chi connectivity index (χ0n) is 10.8. The molecule has 0 radical (unpaired) electrons. The lowest BCUT2D eigenvalue weighted by atomic mass is 10.0. The minimum Gasteiger partial charge on any atom is -0.477 e. The first-order chi connectivity index (χ1) is 10.1. The van der Waals surface area contributed by atoms with E-state index in [0.29, 0.717) is 16.9 Å². The number of carbonyl (C=O) groups is 1. The van der Waals surface area contributed by atoms with Crippen molar-refractivity contribution < 1.29 is 23.8 Å². The predicted octanol–water partition coefficient (Wildman–Crippen LogP) is 3.99. The van der Waals surface area contributed by atoms with Gasteiger partial charge < -0.3 is 14.6 Å². The van der Waals surface area contributed by atoms with E-state index in [2.05, 4.69) is 0 Å². The van der Waals surface area contributed by atoms with Crippen LogP contribution in [-0.4, -0.2) is 11.3 Å². The van der Waals surface area contributed by atoms with Gasteiger partial charge in [-0.1, -0.05) is 30.3 Å². The van der Waals surface area contributed by atoms with Crippen molar-refractivity contribution in [2.45, 2.75) is 6.10 Å². The van der Waals surface area contributed by atoms with Crippen molar-refractivity contribution in [1.29, 1.82) is 0 Å². The molecule has 1 unspecified atom stereocenters. The van der Waals surface area contributed by atoms with Gasteiger partial charge in [0, 0.05) is 11.1 Å². The summed E-state index contributed by atoms with van der Waals surface area (Å²) in [6.45, 7) is 0. The minimum atomic E-state index is -1.44. The predicted molar refractivity (Wildman–Crippen MR) is 73.3 cm³/mol. The second-order valence-electron chi connectivity index (χ2n) is 4.51. The summed E-state index contributed by atoms with van der Waals surface area (Å²) in [5.74, 6) is 0.265. The molecule has 106 valence electrons. The van der Waals surface area contributed by atoms with E-state index in [4.69, 9.17) is 14.6 Å². The van der Waals surface area contributed by atoms with Crippen LogP contribution in [0.1, 0.15) is 17.2 Å². The molecule has 5 heteroatoms. The van der Waals surface area contributed by atoms with Gasteiger partial charge in [0.15, 0.2) is 11.9 Å². The molecule has 0 aliphatic carbocycles. The molecule has 4 nitrogen and oxygen atoms in total. The lowest BCUT2D eigenvalue weighted by Gasteiger charge is -2.26. The Hall–Kier alpha value is -2.82. The van der Waals surface area contributed by atoms with Crippen LogP contribution in [0.5, 0.6) is 5.75 Å². The first-order valence-electron chi connectivity index (χ1n) is 6.27. The number of para-hydroxylation sites is 1. The van der Waals surface area contributed by atoms with E-state index in [0.717, 1.165) is 0 Å². The van der Waals surface area contributed by atoms with Gasteiger partial charge in [0.05, 0.1) is 0 Å². The Kier molecular flexibility index (Phi) is 3.31. The van der Waals surface area contributed by atoms with Crippen LogP contribution < -0.4 is 4.74 Å². The van der Waals surface area contributed by atoms with Gasteiger partial charge in [-0.25, -0.2) is 9.18 Å². The maximum absolute atomic E-state index is 13.4. The molecule has 1 aliphatic rings. The fourth-order valence-electron chi connectivity index (χ4n) is 2.21. The van der Waals surface area contributed by atoms with Crippen LogP contribution in [0.15, 0.2) is 54.3 Å². The molecule has 0 spiro atoms. The van der Waals surface area contributed by atoms with Crippen molar-refractivity contribution in [2.24, 2.45) is 0 Å². The Balaban J connectivity index is 2.05. The van der Waals surface area contributed by atoms with Gasteiger partial charge in [-0.05, 0) is 24.3 Å². The molecule has 0 amide bonds. The number of fused-ring (bicyclic) bond motifs is 1. The van der Waals surface area contributed by atoms with E-state index in [1.54, 1.807) is 36.4 Å². The summed E-state index contributed by atoms with van der Waals surface area (Å²) < 4.78 is 23.9. The third-order valence-corrected chi connectivity index (χ3v) is 3.08. The van der Waals surface area contributed by atoms with Crippen LogP contribution in [0.3, 0.4) is 0 Å². The molecule has 1 aliphatic heterocycles. The molecule has 2 aromatic rings. The quantitative estimate of drug-likeness (QED) is 0.848. The van der Waals surface area contributed by atoms with Gasteiger partial charge in [-0.2, -0.15) is 0 Å². The molecule has 0 saturated heterocycles. The van der Waals surface area contributed by atoms with E-state index >= 15 is 0 Å². The third-order valence-electron chi connectivity index (χ3n) is 3.08. The average molecular weight is 286 g/mol. The number of hydrogen-bond acceptors (Lipinski definition) is 3. The van der Waals surface area contributed by atoms with E-state index in [1.165, 1.54) is 18.2 Å². The summed E-state index contributed by atoms with van der Waals surface area (Å²) in [6, 6.07) is 12.9. The molecule has 1 N–H and O–H groups in total. The second-order valence-corrected chi connectivity index (χ2v) is 4.51. The van der Waals surface area contributed by atoms with Crippen molar-refractivity contribution in [1.82, 2.24) is 0 Å². The van der Waals surface area contributed by atoms with Crippen molar-refractivity contribution >= 4 is 12.2 Å². The van der Waals surface area contributed by atoms with E-state index < -0.39 is 18.1 Å². The molecule has 0 saturated carbocycles. The molecule has 1 atom stereocenters. The Morgan fingerprint density at radius 3 is 2.76 bits per heavy atom. The highest BCUT2D eigenvalue weighted by Crippen LogP contribution is 2.37. The Morgan fingerprint density at radius 2 is 2.00 bits per heavy atom. The van der Waals surface area contributed by atoms with Crippen LogP contribution >= 0.6 is 0 Å². The number of halogens is 1. The first-order valence-corrected chi connectivity index (χ1v) is 6.27. The zero-order valence-corrected chi connectivity index (χ0v) is 10.8. The summed E-state index contributed by atoms with van der Waals surface area (Å²) >= 11 is 0. The van der Waals surface area contributed by atoms with E-state index in [1.807, 2.05) is 0 Å². The van der Waals surface area contributed by atoms with Crippen molar-refractivity contribution in [3.8, 4) is 5.75 Å². The molecule has 1 heterocycles. The van der Waals surface area contributed by atoms with E-state index in [9.17, 15) is 9.18 Å². The molecular weight excluding hydrogens is 275 g/mol. The van der Waals surface area contributed by atoms with E-state index in [-0.39, 0.29) is 5.76 Å². The lowest BCUT2D eigenvalue weighted by molar-refractivity contribution is 0.0899. The Morgan fingerprint density at radius 1 is 1.19 bits per heavy atom. The number of rotatable bonds is 2. The monoisotopic (exact) mass is 286 g/mol. The molecule has 0 bridgehead atoms. The summed E-state index contributed by atoms with van der Waals surface area (Å²) in [7, 11) is 0. The number of carboxylic acid groups (broad SMARTS) is 1. The number of benzene rings is 2. The van der Waals surface area contributed by atoms with Gasteiger partial charge in [0.25, 0.3) is 0 Å². The molecular formula is C16H11FO4. The standard InChI is InChI=1S/C16H11FO4/c17-12-6-3-5-11(8-12)15-14(21-16(18)19)9-10-4-1-2-7-13(10)20-15/h1-9,15H,(H,18,19). The third kappa shape index (κ3) is 2.72. The van der Waals surface area contributed by atoms with Crippen LogP contribution in [0.4, 0.5) is 9.18 Å². The maximum Gasteiger partial charge on any atom is 0.511 e. The maximum atomic E-state index is 13.4. The normalized spacial score (nSPS) is 16.4. The van der Waals surface area contributed by atoms with Crippen molar-refractivity contribution in [2.75, 3.05) is 0 Å². The summed E-state index contributed by atoms with van der Waals surface area (Å²) in [5.41, 5.74) is 1.19. The van der Waals surface area contributed by atoms with Crippen LogP contribution in [-0.2, 0) is 4.74 Å². The van der Waals surface area contributed by atoms with Gasteiger partial charge in [-0.15, -0.1) is 0 Å². The highest BCUT2D eigenvalue weighted by molar-refractivity contribution is 5.67. The van der Waals surface area contributed by atoms with Crippen LogP contribution in [0.25, 0.3) is 6.08 Å². The molecule has 3 rings (SSSR count). The molecule has 0 fully saturated rings. The Labute approximate surface area is 120 Å². The average Bonchev–Trinajstić information content (AvgIpc) is 2.46. The molecule has 2 aromatic carbocycles. The number of hydrogen-bond donors (Lipinski definition) is 1. The SMILES string of the molecule is O=C(O)OC1=Cc2ccccc2OC1c1cccc(F)c1. The zero-order chi connectivity index (χ0) is 14.8. The van der Waals surface area contributed by atoms with Gasteiger partial charge in [0.1, 0.15) is 11.6 Å². The summed E-state index contributed by atoms with van der Waals surface area (Å²) in [4.78, 5) is 10.8. The van der Waals surface area contributed by atoms with Crippen molar-refractivity contribution in [3.63, 3.8) is 0 Å². The number of ether oxygens (including phenoxy) is 2. The van der Waals surface area contributed by atoms with Crippen LogP contribution in [0.2, 0.25) is 0 Å².